The summed E-state index contributed by atoms with van der Waals surface area (Å²) in [4.78, 5) is 40.6. The number of aromatic nitrogens is 2. The Labute approximate surface area is 248 Å². The number of nitrogens with zero attached hydrogens (tertiary/aromatic N) is 5. The van der Waals surface area contributed by atoms with Gasteiger partial charge in [-0.25, -0.2) is 4.98 Å². The van der Waals surface area contributed by atoms with Gasteiger partial charge in [0.15, 0.2) is 6.73 Å². The number of ether oxygens (including phenoxy) is 1. The van der Waals surface area contributed by atoms with Crippen molar-refractivity contribution in [1.29, 1.82) is 0 Å². The summed E-state index contributed by atoms with van der Waals surface area (Å²) >= 11 is 12.6. The molecule has 41 heavy (non-hydrogen) atoms. The summed E-state index contributed by atoms with van der Waals surface area (Å²) in [6, 6.07) is 11.6. The summed E-state index contributed by atoms with van der Waals surface area (Å²) in [5, 5.41) is 7.28. The van der Waals surface area contributed by atoms with E-state index in [1.807, 2.05) is 24.1 Å². The van der Waals surface area contributed by atoms with E-state index in [-0.39, 0.29) is 35.9 Å². The van der Waals surface area contributed by atoms with Crippen LogP contribution in [0.1, 0.15) is 35.2 Å². The zero-order valence-corrected chi connectivity index (χ0v) is 24.2. The zero-order valence-electron chi connectivity index (χ0n) is 22.7. The van der Waals surface area contributed by atoms with E-state index in [9.17, 15) is 9.59 Å². The lowest BCUT2D eigenvalue weighted by Crippen LogP contribution is -2.43. The molecule has 0 radical (unpaired) electrons. The first-order valence-electron chi connectivity index (χ1n) is 13.8. The average Bonchev–Trinajstić information content (AvgIpc) is 2.93. The van der Waals surface area contributed by atoms with Crippen LogP contribution in [-0.4, -0.2) is 72.7 Å². The number of rotatable bonds is 7. The van der Waals surface area contributed by atoms with Crippen LogP contribution in [0.25, 0.3) is 0 Å². The van der Waals surface area contributed by atoms with Crippen molar-refractivity contribution in [3.8, 4) is 5.88 Å². The second-order valence-corrected chi connectivity index (χ2v) is 11.2. The zero-order chi connectivity index (χ0) is 28.5. The molecular formula is C29H31Cl2N7O3. The molecule has 3 aliphatic rings. The van der Waals surface area contributed by atoms with Crippen LogP contribution in [0.5, 0.6) is 5.88 Å². The molecule has 2 saturated heterocycles. The number of anilines is 4. The summed E-state index contributed by atoms with van der Waals surface area (Å²) in [5.74, 6) is 0.235. The minimum atomic E-state index is -0.356. The largest absolute Gasteiger partial charge is 0.455 e. The molecule has 1 aromatic heterocycles. The summed E-state index contributed by atoms with van der Waals surface area (Å²) in [7, 11) is 2.01. The molecule has 3 aliphatic heterocycles. The maximum Gasteiger partial charge on any atom is 0.268 e. The Kier molecular flexibility index (Phi) is 7.88. The molecule has 0 unspecified atom stereocenters. The number of carbonyl (C=O) groups excluding carboxylic acids is 2. The number of fused-ring (bicyclic) bond motifs is 1. The second-order valence-electron chi connectivity index (χ2n) is 10.4. The molecule has 4 heterocycles. The molecule has 0 atom stereocenters. The lowest BCUT2D eigenvalue weighted by atomic mass is 10.0. The molecule has 0 spiro atoms. The highest BCUT2D eigenvalue weighted by Crippen LogP contribution is 2.37. The number of piperidine rings is 1. The van der Waals surface area contributed by atoms with E-state index in [1.54, 1.807) is 18.2 Å². The van der Waals surface area contributed by atoms with Gasteiger partial charge in [0, 0.05) is 49.8 Å². The quantitative estimate of drug-likeness (QED) is 0.412. The molecule has 2 amide bonds. The normalized spacial score (nSPS) is 17.1. The SMILES string of the molecule is CNC1CCN(c2ccc(Nc3ncc4c(n3)OCN(c3c(Cl)cccc3Cl)C4=O)cc2CC(=O)N2CCC2)CC1. The highest BCUT2D eigenvalue weighted by atomic mass is 35.5. The molecule has 2 N–H and O–H groups in total. The molecule has 0 saturated carbocycles. The van der Waals surface area contributed by atoms with Crippen molar-refractivity contribution < 1.29 is 14.3 Å². The molecule has 0 aliphatic carbocycles. The number of halogens is 2. The van der Waals surface area contributed by atoms with Crippen LogP contribution >= 0.6 is 23.2 Å². The van der Waals surface area contributed by atoms with Crippen molar-refractivity contribution in [2.24, 2.45) is 0 Å². The van der Waals surface area contributed by atoms with Crippen molar-refractivity contribution in [3.05, 3.63) is 63.8 Å². The van der Waals surface area contributed by atoms with Gasteiger partial charge in [-0.3, -0.25) is 14.5 Å². The third-order valence-electron chi connectivity index (χ3n) is 7.90. The first kappa shape index (κ1) is 27.6. The van der Waals surface area contributed by atoms with Gasteiger partial charge in [-0.05, 0) is 62.2 Å². The molecule has 6 rings (SSSR count). The van der Waals surface area contributed by atoms with Crippen LogP contribution in [0, 0.1) is 0 Å². The van der Waals surface area contributed by atoms with Crippen LogP contribution in [0.4, 0.5) is 23.0 Å². The number of benzene rings is 2. The highest BCUT2D eigenvalue weighted by Gasteiger charge is 2.31. The van der Waals surface area contributed by atoms with E-state index in [2.05, 4.69) is 31.6 Å². The average molecular weight is 597 g/mol. The number of para-hydroxylation sites is 1. The summed E-state index contributed by atoms with van der Waals surface area (Å²) in [6.07, 6.45) is 4.93. The molecule has 2 aromatic carbocycles. The lowest BCUT2D eigenvalue weighted by molar-refractivity contribution is -0.133. The third-order valence-corrected chi connectivity index (χ3v) is 8.51. The smallest absolute Gasteiger partial charge is 0.268 e. The fourth-order valence-electron chi connectivity index (χ4n) is 5.42. The van der Waals surface area contributed by atoms with Crippen molar-refractivity contribution in [2.75, 3.05) is 55.1 Å². The van der Waals surface area contributed by atoms with Gasteiger partial charge in [-0.1, -0.05) is 29.3 Å². The number of hydrogen-bond acceptors (Lipinski definition) is 8. The molecule has 2 fully saturated rings. The van der Waals surface area contributed by atoms with Gasteiger partial charge in [-0.2, -0.15) is 4.98 Å². The van der Waals surface area contributed by atoms with E-state index in [4.69, 9.17) is 27.9 Å². The van der Waals surface area contributed by atoms with Crippen LogP contribution in [0.15, 0.2) is 42.6 Å². The van der Waals surface area contributed by atoms with Crippen LogP contribution in [0.2, 0.25) is 10.0 Å². The molecule has 0 bridgehead atoms. The Morgan fingerprint density at radius 2 is 1.85 bits per heavy atom. The van der Waals surface area contributed by atoms with Gasteiger partial charge in [0.2, 0.25) is 17.7 Å². The van der Waals surface area contributed by atoms with Crippen LogP contribution < -0.4 is 25.2 Å². The standard InChI is InChI=1S/C29H31Cl2N7O3/c1-32-19-8-12-36(13-9-19)24-7-6-20(14-18(24)15-25(39)37-10-3-11-37)34-29-33-16-21-27(35-29)41-17-38(28(21)40)26-22(30)4-2-5-23(26)31/h2,4-7,14,16,19,32H,3,8-13,15,17H2,1H3,(H,33,34,35). The van der Waals surface area contributed by atoms with Crippen molar-refractivity contribution in [2.45, 2.75) is 31.7 Å². The molecule has 10 nitrogen and oxygen atoms in total. The molecule has 3 aromatic rings. The van der Waals surface area contributed by atoms with Crippen molar-refractivity contribution in [1.82, 2.24) is 20.2 Å². The van der Waals surface area contributed by atoms with E-state index in [1.165, 1.54) is 11.1 Å². The Morgan fingerprint density at radius 1 is 1.10 bits per heavy atom. The van der Waals surface area contributed by atoms with E-state index >= 15 is 0 Å². The maximum atomic E-state index is 13.2. The minimum absolute atomic E-state index is 0.0898. The summed E-state index contributed by atoms with van der Waals surface area (Å²) < 4.78 is 5.82. The Morgan fingerprint density at radius 3 is 2.54 bits per heavy atom. The maximum absolute atomic E-state index is 13.2. The highest BCUT2D eigenvalue weighted by molar-refractivity contribution is 6.40. The first-order valence-corrected chi connectivity index (χ1v) is 14.5. The van der Waals surface area contributed by atoms with Crippen LogP contribution in [0.3, 0.4) is 0 Å². The number of likely N-dealkylation sites (tertiary alicyclic amines) is 1. The van der Waals surface area contributed by atoms with Gasteiger partial charge >= 0.3 is 0 Å². The minimum Gasteiger partial charge on any atom is -0.455 e. The number of hydrogen-bond donors (Lipinski definition) is 2. The lowest BCUT2D eigenvalue weighted by Gasteiger charge is -2.35. The monoisotopic (exact) mass is 595 g/mol. The molecule has 12 heteroatoms. The van der Waals surface area contributed by atoms with Gasteiger partial charge in [0.25, 0.3) is 5.91 Å². The van der Waals surface area contributed by atoms with E-state index in [0.29, 0.717) is 28.2 Å². The number of amides is 2. The van der Waals surface area contributed by atoms with Crippen molar-refractivity contribution in [3.63, 3.8) is 0 Å². The van der Waals surface area contributed by atoms with Gasteiger partial charge in [0.1, 0.15) is 5.56 Å². The third kappa shape index (κ3) is 5.64. The number of carbonyl (C=O) groups is 2. The second kappa shape index (κ2) is 11.7. The molecule has 214 valence electrons. The Hall–Kier alpha value is -3.60. The summed E-state index contributed by atoms with van der Waals surface area (Å²) in [6.45, 7) is 3.41. The Balaban J connectivity index is 1.22. The van der Waals surface area contributed by atoms with Gasteiger partial charge in [0.05, 0.1) is 22.2 Å². The predicted octanol–water partition coefficient (Wildman–Crippen LogP) is 4.49. The first-order chi connectivity index (χ1) is 19.9. The fraction of sp³-hybridized carbons (Fsp3) is 0.379. The predicted molar refractivity (Wildman–Crippen MR) is 160 cm³/mol. The topological polar surface area (TPSA) is 103 Å². The van der Waals surface area contributed by atoms with Gasteiger partial charge in [-0.15, -0.1) is 0 Å². The van der Waals surface area contributed by atoms with Crippen molar-refractivity contribution >= 4 is 58.0 Å². The van der Waals surface area contributed by atoms with Crippen LogP contribution in [-0.2, 0) is 11.2 Å². The van der Waals surface area contributed by atoms with Gasteiger partial charge < -0.3 is 25.2 Å². The fourth-order valence-corrected chi connectivity index (χ4v) is 6.02. The van der Waals surface area contributed by atoms with E-state index in [0.717, 1.165) is 62.4 Å². The van der Waals surface area contributed by atoms with E-state index < -0.39 is 0 Å². The Bertz CT molecular complexity index is 1450. The summed E-state index contributed by atoms with van der Waals surface area (Å²) in [5.41, 5.74) is 3.38. The number of nitrogens with one attached hydrogen (secondary N) is 2. The molecular weight excluding hydrogens is 565 g/mol.